The van der Waals surface area contributed by atoms with Crippen LogP contribution in [0.15, 0.2) is 86.8 Å². The highest BCUT2D eigenvalue weighted by Crippen LogP contribution is 2.26. The van der Waals surface area contributed by atoms with E-state index in [1.54, 1.807) is 6.21 Å². The molecule has 0 saturated carbocycles. The first-order chi connectivity index (χ1) is 13.6. The molecule has 3 aromatic carbocycles. The summed E-state index contributed by atoms with van der Waals surface area (Å²) in [6.07, 6.45) is 1.88. The molecule has 0 aliphatic heterocycles. The first kappa shape index (κ1) is 20.3. The standard InChI is InChI=1S/C22H18Br2N2O2/c23-19-9-6-16(7-10-19)13-22(27)26-25-14-18-8-11-21(20(24)12-18)28-15-17-4-2-1-3-5-17/h1-12,14H,13,15H2,(H,26,27)/b25-14+. The van der Waals surface area contributed by atoms with Crippen LogP contribution in [0.4, 0.5) is 0 Å². The first-order valence-electron chi connectivity index (χ1n) is 8.63. The van der Waals surface area contributed by atoms with Gasteiger partial charge < -0.3 is 4.74 Å². The van der Waals surface area contributed by atoms with Gasteiger partial charge in [-0.05, 0) is 63.0 Å². The molecule has 0 saturated heterocycles. The highest BCUT2D eigenvalue weighted by molar-refractivity contribution is 9.10. The molecule has 0 aliphatic rings. The maximum atomic E-state index is 12.0. The Morgan fingerprint density at radius 2 is 1.71 bits per heavy atom. The van der Waals surface area contributed by atoms with E-state index < -0.39 is 0 Å². The number of halogens is 2. The molecule has 0 spiro atoms. The van der Waals surface area contributed by atoms with Gasteiger partial charge in [0.25, 0.3) is 0 Å². The molecule has 4 nitrogen and oxygen atoms in total. The van der Waals surface area contributed by atoms with Crippen molar-refractivity contribution in [3.8, 4) is 5.75 Å². The van der Waals surface area contributed by atoms with Gasteiger partial charge in [-0.15, -0.1) is 0 Å². The van der Waals surface area contributed by atoms with Crippen molar-refractivity contribution in [3.05, 3.63) is 98.4 Å². The predicted molar refractivity (Wildman–Crippen MR) is 118 cm³/mol. The molecule has 1 N–H and O–H groups in total. The van der Waals surface area contributed by atoms with Crippen molar-refractivity contribution in [2.75, 3.05) is 0 Å². The van der Waals surface area contributed by atoms with Gasteiger partial charge in [0, 0.05) is 4.47 Å². The minimum absolute atomic E-state index is 0.166. The minimum Gasteiger partial charge on any atom is -0.488 e. The zero-order valence-electron chi connectivity index (χ0n) is 14.9. The van der Waals surface area contributed by atoms with E-state index >= 15 is 0 Å². The van der Waals surface area contributed by atoms with E-state index in [1.165, 1.54) is 0 Å². The van der Waals surface area contributed by atoms with Crippen LogP contribution in [-0.2, 0) is 17.8 Å². The van der Waals surface area contributed by atoms with Crippen molar-refractivity contribution < 1.29 is 9.53 Å². The summed E-state index contributed by atoms with van der Waals surface area (Å²) in [5.74, 6) is 0.584. The fraction of sp³-hybridized carbons (Fsp3) is 0.0909. The number of hydrogen-bond donors (Lipinski definition) is 1. The SMILES string of the molecule is O=C(Cc1ccc(Br)cc1)N/N=C/c1ccc(OCc2ccccc2)c(Br)c1. The lowest BCUT2D eigenvalue weighted by atomic mass is 10.1. The van der Waals surface area contributed by atoms with E-state index in [0.29, 0.717) is 6.61 Å². The number of rotatable bonds is 7. The van der Waals surface area contributed by atoms with Crippen molar-refractivity contribution >= 4 is 44.0 Å². The van der Waals surface area contributed by atoms with Crippen LogP contribution in [-0.4, -0.2) is 12.1 Å². The third kappa shape index (κ3) is 6.32. The van der Waals surface area contributed by atoms with Crippen LogP contribution in [0.2, 0.25) is 0 Å². The lowest BCUT2D eigenvalue weighted by Gasteiger charge is -2.08. The highest BCUT2D eigenvalue weighted by Gasteiger charge is 2.04. The van der Waals surface area contributed by atoms with Gasteiger partial charge in [0.2, 0.25) is 5.91 Å². The quantitative estimate of drug-likeness (QED) is 0.344. The average Bonchev–Trinajstić information content (AvgIpc) is 2.70. The Hall–Kier alpha value is -2.44. The molecule has 3 aromatic rings. The zero-order valence-corrected chi connectivity index (χ0v) is 18.1. The van der Waals surface area contributed by atoms with Gasteiger partial charge in [0.05, 0.1) is 17.1 Å². The number of benzene rings is 3. The normalized spacial score (nSPS) is 10.8. The second-order valence-corrected chi connectivity index (χ2v) is 7.83. The van der Waals surface area contributed by atoms with Crippen molar-refractivity contribution in [3.63, 3.8) is 0 Å². The molecule has 1 amide bonds. The Labute approximate surface area is 180 Å². The summed E-state index contributed by atoms with van der Waals surface area (Å²) in [4.78, 5) is 12.0. The summed E-state index contributed by atoms with van der Waals surface area (Å²) < 4.78 is 7.64. The van der Waals surface area contributed by atoms with Crippen LogP contribution in [0.25, 0.3) is 0 Å². The molecule has 142 valence electrons. The molecule has 0 aromatic heterocycles. The molecule has 0 heterocycles. The Morgan fingerprint density at radius 3 is 2.43 bits per heavy atom. The van der Waals surface area contributed by atoms with Crippen molar-refractivity contribution in [1.29, 1.82) is 0 Å². The number of hydrazone groups is 1. The molecular formula is C22H18Br2N2O2. The molecule has 0 radical (unpaired) electrons. The molecular weight excluding hydrogens is 484 g/mol. The largest absolute Gasteiger partial charge is 0.488 e. The average molecular weight is 502 g/mol. The van der Waals surface area contributed by atoms with E-state index in [2.05, 4.69) is 42.4 Å². The first-order valence-corrected chi connectivity index (χ1v) is 10.2. The molecule has 0 bridgehead atoms. The van der Waals surface area contributed by atoms with Crippen LogP contribution >= 0.6 is 31.9 Å². The maximum Gasteiger partial charge on any atom is 0.244 e. The second kappa shape index (κ2) is 10.2. The van der Waals surface area contributed by atoms with Gasteiger partial charge in [-0.3, -0.25) is 4.79 Å². The van der Waals surface area contributed by atoms with Gasteiger partial charge in [-0.1, -0.05) is 58.4 Å². The van der Waals surface area contributed by atoms with Crippen molar-refractivity contribution in [2.45, 2.75) is 13.0 Å². The van der Waals surface area contributed by atoms with Gasteiger partial charge >= 0.3 is 0 Å². The lowest BCUT2D eigenvalue weighted by molar-refractivity contribution is -0.120. The topological polar surface area (TPSA) is 50.7 Å². The smallest absolute Gasteiger partial charge is 0.244 e. The number of nitrogens with one attached hydrogen (secondary N) is 1. The second-order valence-electron chi connectivity index (χ2n) is 6.06. The van der Waals surface area contributed by atoms with E-state index in [-0.39, 0.29) is 12.3 Å². The highest BCUT2D eigenvalue weighted by atomic mass is 79.9. The Kier molecular flexibility index (Phi) is 7.39. The molecule has 6 heteroatoms. The summed E-state index contributed by atoms with van der Waals surface area (Å²) in [6, 6.07) is 23.3. The van der Waals surface area contributed by atoms with Crippen LogP contribution < -0.4 is 10.2 Å². The van der Waals surface area contributed by atoms with Crippen LogP contribution in [0.1, 0.15) is 16.7 Å². The van der Waals surface area contributed by atoms with E-state index in [9.17, 15) is 4.79 Å². The number of ether oxygens (including phenoxy) is 1. The van der Waals surface area contributed by atoms with Gasteiger partial charge in [-0.2, -0.15) is 5.10 Å². The van der Waals surface area contributed by atoms with E-state index in [0.717, 1.165) is 31.4 Å². The summed E-state index contributed by atoms with van der Waals surface area (Å²) in [5.41, 5.74) is 5.43. The fourth-order valence-corrected chi connectivity index (χ4v) is 3.23. The van der Waals surface area contributed by atoms with Gasteiger partial charge in [0.1, 0.15) is 12.4 Å². The summed E-state index contributed by atoms with van der Waals surface area (Å²) in [5, 5.41) is 4.02. The number of hydrogen-bond acceptors (Lipinski definition) is 3. The van der Waals surface area contributed by atoms with Crippen LogP contribution in [0, 0.1) is 0 Å². The summed E-state index contributed by atoms with van der Waals surface area (Å²) in [6.45, 7) is 0.499. The molecule has 0 atom stereocenters. The lowest BCUT2D eigenvalue weighted by Crippen LogP contribution is -2.19. The third-order valence-corrected chi connectivity index (χ3v) is 5.02. The Bertz CT molecular complexity index is 958. The fourth-order valence-electron chi connectivity index (χ4n) is 2.46. The minimum atomic E-state index is -0.166. The Morgan fingerprint density at radius 1 is 0.964 bits per heavy atom. The van der Waals surface area contributed by atoms with Crippen molar-refractivity contribution in [2.24, 2.45) is 5.10 Å². The van der Waals surface area contributed by atoms with E-state index in [4.69, 9.17) is 4.74 Å². The summed E-state index contributed by atoms with van der Waals surface area (Å²) >= 11 is 6.89. The molecule has 0 fully saturated rings. The van der Waals surface area contributed by atoms with Crippen LogP contribution in [0.3, 0.4) is 0 Å². The molecule has 3 rings (SSSR count). The monoisotopic (exact) mass is 500 g/mol. The van der Waals surface area contributed by atoms with Crippen LogP contribution in [0.5, 0.6) is 5.75 Å². The third-order valence-electron chi connectivity index (χ3n) is 3.87. The predicted octanol–water partition coefficient (Wildman–Crippen LogP) is 5.48. The molecule has 0 unspecified atom stereocenters. The van der Waals surface area contributed by atoms with Crippen molar-refractivity contribution in [1.82, 2.24) is 5.43 Å². The number of nitrogens with zero attached hydrogens (tertiary/aromatic N) is 1. The summed E-state index contributed by atoms with van der Waals surface area (Å²) in [7, 11) is 0. The van der Waals surface area contributed by atoms with E-state index in [1.807, 2.05) is 72.8 Å². The molecule has 28 heavy (non-hydrogen) atoms. The van der Waals surface area contributed by atoms with Gasteiger partial charge in [-0.25, -0.2) is 5.43 Å². The maximum absolute atomic E-state index is 12.0. The number of amides is 1. The number of carbonyl (C=O) groups excluding carboxylic acids is 1. The van der Waals surface area contributed by atoms with Gasteiger partial charge in [0.15, 0.2) is 0 Å². The Balaban J connectivity index is 1.51. The zero-order chi connectivity index (χ0) is 19.8. The number of carbonyl (C=O) groups is 1. The molecule has 0 aliphatic carbocycles.